The van der Waals surface area contributed by atoms with Crippen LogP contribution < -0.4 is 0 Å². The molecule has 4 rings (SSSR count). The van der Waals surface area contributed by atoms with Gasteiger partial charge < -0.3 is 0 Å². The first-order chi connectivity index (χ1) is 11.8. The zero-order valence-corrected chi connectivity index (χ0v) is 13.3. The number of halogens is 1. The Balaban J connectivity index is 1.59. The quantitative estimate of drug-likeness (QED) is 0.740. The van der Waals surface area contributed by atoms with E-state index in [1.54, 1.807) is 12.7 Å². The van der Waals surface area contributed by atoms with Crippen molar-refractivity contribution < 1.29 is 4.39 Å². The number of hydrogen-bond acceptors (Lipinski definition) is 3. The van der Waals surface area contributed by atoms with Gasteiger partial charge in [-0.05, 0) is 35.2 Å². The summed E-state index contributed by atoms with van der Waals surface area (Å²) in [5.74, 6) is -0.193. The Bertz CT molecular complexity index is 798. The Morgan fingerprint density at radius 2 is 1.83 bits per heavy atom. The van der Waals surface area contributed by atoms with Crippen LogP contribution in [0.15, 0.2) is 61.2 Å². The summed E-state index contributed by atoms with van der Waals surface area (Å²) in [4.78, 5) is 6.48. The predicted molar refractivity (Wildman–Crippen MR) is 89.6 cm³/mol. The van der Waals surface area contributed by atoms with Gasteiger partial charge in [0.15, 0.2) is 0 Å². The molecule has 122 valence electrons. The minimum absolute atomic E-state index is 0.193. The van der Waals surface area contributed by atoms with Gasteiger partial charge in [0.25, 0.3) is 0 Å². The summed E-state index contributed by atoms with van der Waals surface area (Å²) in [6.45, 7) is 2.50. The molecule has 0 saturated carbocycles. The summed E-state index contributed by atoms with van der Waals surface area (Å²) in [6, 6.07) is 15.7. The van der Waals surface area contributed by atoms with Gasteiger partial charge in [0.1, 0.15) is 18.5 Å². The first kappa shape index (κ1) is 15.0. The molecule has 0 saturated heterocycles. The number of rotatable bonds is 4. The maximum absolute atomic E-state index is 13.2. The largest absolute Gasteiger partial charge is 0.290 e. The average molecular weight is 322 g/mol. The first-order valence-corrected chi connectivity index (χ1v) is 8.15. The molecular weight excluding hydrogens is 303 g/mol. The van der Waals surface area contributed by atoms with E-state index in [4.69, 9.17) is 0 Å². The second kappa shape index (κ2) is 6.53. The van der Waals surface area contributed by atoms with E-state index in [1.165, 1.54) is 23.3 Å². The van der Waals surface area contributed by atoms with Crippen molar-refractivity contribution in [3.8, 4) is 0 Å². The van der Waals surface area contributed by atoms with Crippen LogP contribution in [0.25, 0.3) is 0 Å². The van der Waals surface area contributed by atoms with Gasteiger partial charge in [-0.3, -0.25) is 9.58 Å². The highest BCUT2D eigenvalue weighted by Gasteiger charge is 2.26. The van der Waals surface area contributed by atoms with Gasteiger partial charge in [-0.15, -0.1) is 0 Å². The lowest BCUT2D eigenvalue weighted by Crippen LogP contribution is -2.42. The van der Waals surface area contributed by atoms with Crippen molar-refractivity contribution in [1.82, 2.24) is 19.7 Å². The summed E-state index contributed by atoms with van der Waals surface area (Å²) in [6.07, 6.45) is 4.31. The molecule has 0 radical (unpaired) electrons. The van der Waals surface area contributed by atoms with E-state index < -0.39 is 0 Å². The van der Waals surface area contributed by atoms with Gasteiger partial charge in [0, 0.05) is 19.1 Å². The van der Waals surface area contributed by atoms with Crippen LogP contribution in [0.2, 0.25) is 0 Å². The fourth-order valence-corrected chi connectivity index (χ4v) is 3.37. The molecule has 4 nitrogen and oxygen atoms in total. The van der Waals surface area contributed by atoms with E-state index in [2.05, 4.69) is 39.2 Å². The summed E-state index contributed by atoms with van der Waals surface area (Å²) in [5.41, 5.74) is 3.90. The van der Waals surface area contributed by atoms with Gasteiger partial charge in [-0.2, -0.15) is 5.10 Å². The summed E-state index contributed by atoms with van der Waals surface area (Å²) in [7, 11) is 0. The molecule has 1 aliphatic rings. The molecule has 0 amide bonds. The summed E-state index contributed by atoms with van der Waals surface area (Å²) in [5, 5.41) is 4.25. The minimum Gasteiger partial charge on any atom is -0.290 e. The molecule has 1 aromatic heterocycles. The van der Waals surface area contributed by atoms with Crippen molar-refractivity contribution >= 4 is 0 Å². The van der Waals surface area contributed by atoms with E-state index in [0.717, 1.165) is 31.6 Å². The second-order valence-corrected chi connectivity index (χ2v) is 6.28. The van der Waals surface area contributed by atoms with Crippen molar-refractivity contribution in [1.29, 1.82) is 0 Å². The zero-order chi connectivity index (χ0) is 16.4. The van der Waals surface area contributed by atoms with Crippen LogP contribution in [0, 0.1) is 5.82 Å². The standard InChI is InChI=1S/C19H19FN4/c20-18-7-5-15(6-8-18)10-23-11-17-4-2-1-3-16(17)9-19(23)12-24-14-21-13-22-24/h1-8,13-14,19H,9-12H2/t19-/m0/s1. The first-order valence-electron chi connectivity index (χ1n) is 8.15. The zero-order valence-electron chi connectivity index (χ0n) is 13.3. The summed E-state index contributed by atoms with van der Waals surface area (Å²) >= 11 is 0. The molecule has 1 atom stereocenters. The van der Waals surface area contributed by atoms with E-state index in [9.17, 15) is 4.39 Å². The minimum atomic E-state index is -0.193. The lowest BCUT2D eigenvalue weighted by molar-refractivity contribution is 0.142. The number of hydrogen-bond donors (Lipinski definition) is 0. The third-order valence-electron chi connectivity index (χ3n) is 4.63. The molecule has 0 unspecified atom stereocenters. The van der Waals surface area contributed by atoms with Crippen LogP contribution in [-0.2, 0) is 26.1 Å². The monoisotopic (exact) mass is 322 g/mol. The van der Waals surface area contributed by atoms with Crippen molar-refractivity contribution in [2.75, 3.05) is 0 Å². The van der Waals surface area contributed by atoms with Crippen LogP contribution in [0.4, 0.5) is 4.39 Å². The van der Waals surface area contributed by atoms with Crippen molar-refractivity contribution in [3.05, 3.63) is 83.7 Å². The molecule has 2 heterocycles. The highest BCUT2D eigenvalue weighted by molar-refractivity contribution is 5.30. The fourth-order valence-electron chi connectivity index (χ4n) is 3.37. The van der Waals surface area contributed by atoms with Crippen molar-refractivity contribution in [2.45, 2.75) is 32.1 Å². The molecule has 0 N–H and O–H groups in total. The van der Waals surface area contributed by atoms with Gasteiger partial charge in [0.05, 0.1) is 6.54 Å². The smallest absolute Gasteiger partial charge is 0.137 e. The van der Waals surface area contributed by atoms with Gasteiger partial charge in [-0.1, -0.05) is 36.4 Å². The Labute approximate surface area is 140 Å². The fraction of sp³-hybridized carbons (Fsp3) is 0.263. The van der Waals surface area contributed by atoms with Crippen LogP contribution >= 0.6 is 0 Å². The molecule has 1 aliphatic heterocycles. The maximum Gasteiger partial charge on any atom is 0.137 e. The Morgan fingerprint density at radius 3 is 2.58 bits per heavy atom. The molecule has 5 heteroatoms. The third kappa shape index (κ3) is 3.21. The molecule has 0 fully saturated rings. The van der Waals surface area contributed by atoms with E-state index in [-0.39, 0.29) is 5.82 Å². The molecule has 3 aromatic rings. The van der Waals surface area contributed by atoms with E-state index in [0.29, 0.717) is 6.04 Å². The maximum atomic E-state index is 13.2. The van der Waals surface area contributed by atoms with E-state index >= 15 is 0 Å². The molecule has 0 spiro atoms. The summed E-state index contributed by atoms with van der Waals surface area (Å²) < 4.78 is 15.0. The third-order valence-corrected chi connectivity index (χ3v) is 4.63. The van der Waals surface area contributed by atoms with Crippen molar-refractivity contribution in [2.24, 2.45) is 0 Å². The number of fused-ring (bicyclic) bond motifs is 1. The predicted octanol–water partition coefficient (Wildman–Crippen LogP) is 3.04. The average Bonchev–Trinajstić information content (AvgIpc) is 3.10. The molecule has 24 heavy (non-hydrogen) atoms. The lowest BCUT2D eigenvalue weighted by atomic mass is 9.93. The molecule has 0 bridgehead atoms. The van der Waals surface area contributed by atoms with Crippen LogP contribution in [0.1, 0.15) is 16.7 Å². The van der Waals surface area contributed by atoms with Crippen LogP contribution in [0.5, 0.6) is 0 Å². The van der Waals surface area contributed by atoms with Crippen molar-refractivity contribution in [3.63, 3.8) is 0 Å². The SMILES string of the molecule is Fc1ccc(CN2Cc3ccccc3C[C@H]2Cn2cncn2)cc1. The Morgan fingerprint density at radius 1 is 1.04 bits per heavy atom. The van der Waals surface area contributed by atoms with Gasteiger partial charge >= 0.3 is 0 Å². The Hall–Kier alpha value is -2.53. The molecular formula is C19H19FN4. The molecule has 2 aromatic carbocycles. The van der Waals surface area contributed by atoms with Crippen LogP contribution in [-0.4, -0.2) is 25.7 Å². The molecule has 0 aliphatic carbocycles. The highest BCUT2D eigenvalue weighted by Crippen LogP contribution is 2.25. The van der Waals surface area contributed by atoms with Gasteiger partial charge in [-0.25, -0.2) is 9.37 Å². The number of nitrogens with zero attached hydrogens (tertiary/aromatic N) is 4. The number of benzene rings is 2. The van der Waals surface area contributed by atoms with E-state index in [1.807, 2.05) is 16.8 Å². The lowest BCUT2D eigenvalue weighted by Gasteiger charge is -2.37. The normalized spacial score (nSPS) is 17.6. The highest BCUT2D eigenvalue weighted by atomic mass is 19.1. The number of aromatic nitrogens is 3. The topological polar surface area (TPSA) is 34.0 Å². The second-order valence-electron chi connectivity index (χ2n) is 6.28. The van der Waals surface area contributed by atoms with Crippen LogP contribution in [0.3, 0.4) is 0 Å². The van der Waals surface area contributed by atoms with Gasteiger partial charge in [0.2, 0.25) is 0 Å². The Kier molecular flexibility index (Phi) is 4.09.